The maximum absolute atomic E-state index is 12.8. The molecule has 1 aromatic carbocycles. The number of amides is 1. The largest absolute Gasteiger partial charge is 0.497 e. The van der Waals surface area contributed by atoms with E-state index in [4.69, 9.17) is 4.74 Å². The van der Waals surface area contributed by atoms with Crippen molar-refractivity contribution in [2.24, 2.45) is 0 Å². The number of aliphatic hydroxyl groups is 1. The van der Waals surface area contributed by atoms with Crippen LogP contribution in [0.5, 0.6) is 5.75 Å². The summed E-state index contributed by atoms with van der Waals surface area (Å²) in [6, 6.07) is 8.84. The van der Waals surface area contributed by atoms with Crippen LogP contribution in [0.25, 0.3) is 10.9 Å². The highest BCUT2D eigenvalue weighted by Crippen LogP contribution is 2.32. The predicted molar refractivity (Wildman–Crippen MR) is 123 cm³/mol. The van der Waals surface area contributed by atoms with Crippen LogP contribution in [-0.4, -0.2) is 46.2 Å². The summed E-state index contributed by atoms with van der Waals surface area (Å²) in [5.74, 6) is 0.923. The molecule has 3 rings (SSSR count). The Balaban J connectivity index is 1.76. The number of nitrogens with one attached hydrogen (secondary N) is 1. The Bertz CT molecular complexity index is 1110. The van der Waals surface area contributed by atoms with Crippen LogP contribution >= 0.6 is 23.1 Å². The molecule has 2 N–H and O–H groups in total. The van der Waals surface area contributed by atoms with Crippen LogP contribution in [0, 0.1) is 6.92 Å². The lowest BCUT2D eigenvalue weighted by Gasteiger charge is -2.20. The van der Waals surface area contributed by atoms with Gasteiger partial charge in [-0.3, -0.25) is 9.59 Å². The smallest absolute Gasteiger partial charge is 0.257 e. The monoisotopic (exact) mass is 459 g/mol. The van der Waals surface area contributed by atoms with E-state index >= 15 is 0 Å². The molecule has 0 aliphatic heterocycles. The number of nitrogens with zero attached hydrogens (tertiary/aromatic N) is 2. The average Bonchev–Trinajstić information content (AvgIpc) is 3.26. The fourth-order valence-corrected chi connectivity index (χ4v) is 4.92. The molecule has 2 heterocycles. The Morgan fingerprint density at radius 2 is 2.03 bits per heavy atom. The summed E-state index contributed by atoms with van der Waals surface area (Å²) < 4.78 is 5.29. The van der Waals surface area contributed by atoms with E-state index in [-0.39, 0.29) is 11.5 Å². The average molecular weight is 460 g/mol. The second-order valence-corrected chi connectivity index (χ2v) is 9.21. The molecule has 3 aromatic rings. The van der Waals surface area contributed by atoms with Crippen molar-refractivity contribution in [2.45, 2.75) is 37.8 Å². The summed E-state index contributed by atoms with van der Waals surface area (Å²) in [5, 5.41) is 14.9. The Labute approximate surface area is 189 Å². The lowest BCUT2D eigenvalue weighted by Crippen LogP contribution is -2.41. The molecular weight excluding hydrogens is 434 g/mol. The number of Topliss-reactive ketones (excluding diaryl/α,β-unsaturated/α-hetero) is 1. The lowest BCUT2D eigenvalue weighted by atomic mass is 10.0. The third kappa shape index (κ3) is 5.23. The number of methoxy groups -OCH3 is 1. The normalized spacial score (nSPS) is 13.1. The van der Waals surface area contributed by atoms with Crippen molar-refractivity contribution in [1.29, 1.82) is 0 Å². The molecule has 0 radical (unpaired) electrons. The van der Waals surface area contributed by atoms with Crippen LogP contribution in [0.3, 0.4) is 0 Å². The van der Waals surface area contributed by atoms with Crippen LogP contribution in [0.1, 0.15) is 40.6 Å². The number of fused-ring (bicyclic) bond motifs is 1. The molecule has 164 valence electrons. The van der Waals surface area contributed by atoms with Crippen LogP contribution in [0.2, 0.25) is 0 Å². The van der Waals surface area contributed by atoms with Crippen LogP contribution in [0.4, 0.5) is 0 Å². The summed E-state index contributed by atoms with van der Waals surface area (Å²) >= 11 is 2.46. The number of rotatable bonds is 9. The van der Waals surface area contributed by atoms with Gasteiger partial charge in [-0.1, -0.05) is 18.7 Å². The van der Waals surface area contributed by atoms with Gasteiger partial charge < -0.3 is 15.2 Å². The van der Waals surface area contributed by atoms with Gasteiger partial charge in [0.25, 0.3) is 5.91 Å². The number of hydrogen-bond donors (Lipinski definition) is 2. The van der Waals surface area contributed by atoms with Crippen LogP contribution in [0.15, 0.2) is 35.4 Å². The third-order valence-electron chi connectivity index (χ3n) is 4.66. The van der Waals surface area contributed by atoms with Gasteiger partial charge >= 0.3 is 0 Å². The molecule has 0 saturated carbocycles. The summed E-state index contributed by atoms with van der Waals surface area (Å²) in [6.07, 6.45) is 0.774. The van der Waals surface area contributed by atoms with Crippen molar-refractivity contribution in [2.75, 3.05) is 19.4 Å². The highest BCUT2D eigenvalue weighted by atomic mass is 32.2. The summed E-state index contributed by atoms with van der Waals surface area (Å²) in [6.45, 7) is 5.68. The molecular formula is C22H25N3O4S2. The minimum Gasteiger partial charge on any atom is -0.497 e. The molecule has 9 heteroatoms. The maximum atomic E-state index is 12.8. The topological polar surface area (TPSA) is 101 Å². The van der Waals surface area contributed by atoms with Crippen molar-refractivity contribution >= 4 is 45.7 Å². The third-order valence-corrected chi connectivity index (χ3v) is 6.99. The molecule has 1 atom stereocenters. The molecule has 0 fully saturated rings. The van der Waals surface area contributed by atoms with Crippen molar-refractivity contribution in [3.8, 4) is 5.75 Å². The number of carbonyl (C=O) groups excluding carboxylic acids is 2. The number of aromatic nitrogens is 2. The lowest BCUT2D eigenvalue weighted by molar-refractivity contribution is -0.138. The summed E-state index contributed by atoms with van der Waals surface area (Å²) in [7, 11) is 1.60. The number of carbonyl (C=O) groups is 2. The van der Waals surface area contributed by atoms with Gasteiger partial charge in [-0.25, -0.2) is 9.97 Å². The number of thiophene rings is 1. The van der Waals surface area contributed by atoms with E-state index in [9.17, 15) is 14.7 Å². The number of benzene rings is 1. The van der Waals surface area contributed by atoms with Gasteiger partial charge in [-0.2, -0.15) is 0 Å². The van der Waals surface area contributed by atoms with Crippen molar-refractivity contribution in [1.82, 2.24) is 15.3 Å². The zero-order valence-corrected chi connectivity index (χ0v) is 19.5. The van der Waals surface area contributed by atoms with Gasteiger partial charge in [-0.05, 0) is 50.6 Å². The highest BCUT2D eigenvalue weighted by Gasteiger charge is 2.34. The molecule has 0 unspecified atom stereocenters. The molecule has 1 amide bonds. The summed E-state index contributed by atoms with van der Waals surface area (Å²) in [5.41, 5.74) is -0.891. The van der Waals surface area contributed by atoms with Gasteiger partial charge in [0.1, 0.15) is 16.6 Å². The van der Waals surface area contributed by atoms with Gasteiger partial charge in [-0.15, -0.1) is 11.3 Å². The second kappa shape index (κ2) is 9.76. The van der Waals surface area contributed by atoms with E-state index in [1.54, 1.807) is 19.2 Å². The first-order valence-corrected chi connectivity index (χ1v) is 11.7. The number of thioether (sulfide) groups is 1. The SMILES string of the molecule is CCCNC(=O)[C@@](C)(O)c1ccc(C(=O)CSc2nc(C)nc3ccc(OC)cc23)s1. The van der Waals surface area contributed by atoms with Crippen molar-refractivity contribution < 1.29 is 19.4 Å². The van der Waals surface area contributed by atoms with Crippen LogP contribution in [-0.2, 0) is 10.4 Å². The number of hydrogen-bond acceptors (Lipinski definition) is 8. The molecule has 7 nitrogen and oxygen atoms in total. The van der Waals surface area contributed by atoms with E-state index in [0.29, 0.717) is 32.9 Å². The first-order chi connectivity index (χ1) is 14.8. The van der Waals surface area contributed by atoms with Crippen molar-refractivity contribution in [3.63, 3.8) is 0 Å². The van der Waals surface area contributed by atoms with E-state index < -0.39 is 11.5 Å². The first kappa shape index (κ1) is 23.2. The summed E-state index contributed by atoms with van der Waals surface area (Å²) in [4.78, 5) is 34.9. The second-order valence-electron chi connectivity index (χ2n) is 7.16. The minimum atomic E-state index is -1.68. The fraction of sp³-hybridized carbons (Fsp3) is 0.364. The minimum absolute atomic E-state index is 0.0988. The van der Waals surface area contributed by atoms with E-state index in [1.165, 1.54) is 18.7 Å². The zero-order valence-electron chi connectivity index (χ0n) is 17.9. The van der Waals surface area contributed by atoms with Crippen LogP contribution < -0.4 is 10.1 Å². The first-order valence-electron chi connectivity index (χ1n) is 9.85. The molecule has 0 aliphatic carbocycles. The van der Waals surface area contributed by atoms with Gasteiger partial charge in [0, 0.05) is 16.8 Å². The molecule has 0 saturated heterocycles. The van der Waals surface area contributed by atoms with Gasteiger partial charge in [0.05, 0.1) is 23.3 Å². The standard InChI is InChI=1S/C22H25N3O4S2/c1-5-10-23-21(27)22(3,28)19-9-8-18(31-19)17(26)12-30-20-15-11-14(29-4)6-7-16(15)24-13(2)25-20/h6-9,11,28H,5,10,12H2,1-4H3,(H,23,27)/t22-/m0/s1. The van der Waals surface area contributed by atoms with E-state index in [1.807, 2.05) is 32.0 Å². The molecule has 31 heavy (non-hydrogen) atoms. The molecule has 0 bridgehead atoms. The predicted octanol–water partition coefficient (Wildman–Crippen LogP) is 3.72. The van der Waals surface area contributed by atoms with Crippen molar-refractivity contribution in [3.05, 3.63) is 45.9 Å². The highest BCUT2D eigenvalue weighted by molar-refractivity contribution is 8.00. The Hall–Kier alpha value is -2.49. The zero-order chi connectivity index (χ0) is 22.6. The maximum Gasteiger partial charge on any atom is 0.257 e. The van der Waals surface area contributed by atoms with E-state index in [2.05, 4.69) is 15.3 Å². The number of ether oxygens (including phenoxy) is 1. The number of ketones is 1. The molecule has 0 spiro atoms. The fourth-order valence-electron chi connectivity index (χ4n) is 2.90. The van der Waals surface area contributed by atoms with Gasteiger partial charge in [0.2, 0.25) is 0 Å². The Morgan fingerprint density at radius 1 is 1.26 bits per heavy atom. The Morgan fingerprint density at radius 3 is 2.74 bits per heavy atom. The number of aryl methyl sites for hydroxylation is 1. The molecule has 2 aromatic heterocycles. The quantitative estimate of drug-likeness (QED) is 0.286. The van der Waals surface area contributed by atoms with E-state index in [0.717, 1.165) is 28.7 Å². The molecule has 0 aliphatic rings. The Kier molecular flexibility index (Phi) is 7.30. The van der Waals surface area contributed by atoms with Gasteiger partial charge in [0.15, 0.2) is 11.4 Å².